The van der Waals surface area contributed by atoms with Crippen molar-refractivity contribution in [2.24, 2.45) is 7.05 Å². The van der Waals surface area contributed by atoms with Crippen LogP contribution in [0.1, 0.15) is 36.3 Å². The molecule has 2 aliphatic rings. The largest absolute Gasteiger partial charge is 0.371 e. The van der Waals surface area contributed by atoms with Gasteiger partial charge in [0.1, 0.15) is 5.82 Å². The van der Waals surface area contributed by atoms with E-state index in [4.69, 9.17) is 9.72 Å². The lowest BCUT2D eigenvalue weighted by Crippen LogP contribution is -2.33. The first-order valence-electron chi connectivity index (χ1n) is 7.11. The van der Waals surface area contributed by atoms with Crippen molar-refractivity contribution in [1.29, 1.82) is 0 Å². The van der Waals surface area contributed by atoms with Crippen LogP contribution in [0.3, 0.4) is 0 Å². The Morgan fingerprint density at radius 3 is 3.00 bits per heavy atom. The molecule has 1 aliphatic heterocycles. The minimum absolute atomic E-state index is 0.178. The lowest BCUT2D eigenvalue weighted by atomic mass is 10.1. The molecule has 2 fully saturated rings. The first kappa shape index (κ1) is 11.4. The topological polar surface area (TPSA) is 39.1 Å². The summed E-state index contributed by atoms with van der Waals surface area (Å²) >= 11 is 0. The van der Waals surface area contributed by atoms with E-state index >= 15 is 0 Å². The minimum Gasteiger partial charge on any atom is -0.371 e. The summed E-state index contributed by atoms with van der Waals surface area (Å²) in [6.07, 6.45) is 2.76. The highest BCUT2D eigenvalue weighted by molar-refractivity contribution is 5.77. The Labute approximate surface area is 112 Å². The van der Waals surface area contributed by atoms with E-state index in [0.717, 1.165) is 25.2 Å². The number of nitrogens with zero attached hydrogens (tertiary/aromatic N) is 2. The van der Waals surface area contributed by atoms with Gasteiger partial charge in [0.15, 0.2) is 0 Å². The molecule has 0 spiro atoms. The second-order valence-electron chi connectivity index (χ2n) is 5.62. The van der Waals surface area contributed by atoms with Gasteiger partial charge in [-0.05, 0) is 30.5 Å². The molecule has 1 aliphatic carbocycles. The van der Waals surface area contributed by atoms with Gasteiger partial charge in [-0.2, -0.15) is 0 Å². The Kier molecular flexibility index (Phi) is 2.60. The number of aromatic nitrogens is 2. The van der Waals surface area contributed by atoms with Crippen LogP contribution in [0.2, 0.25) is 0 Å². The number of hydrogen-bond donors (Lipinski definition) is 1. The van der Waals surface area contributed by atoms with Crippen molar-refractivity contribution in [3.8, 4) is 0 Å². The Morgan fingerprint density at radius 2 is 2.26 bits per heavy atom. The smallest absolute Gasteiger partial charge is 0.112 e. The second kappa shape index (κ2) is 4.32. The van der Waals surface area contributed by atoms with Crippen molar-refractivity contribution in [2.75, 3.05) is 19.7 Å². The molecule has 19 heavy (non-hydrogen) atoms. The molecule has 1 saturated carbocycles. The quantitative estimate of drug-likeness (QED) is 0.895. The molecule has 1 unspecified atom stereocenters. The van der Waals surface area contributed by atoms with Gasteiger partial charge in [0.05, 0.1) is 23.7 Å². The molecule has 4 heteroatoms. The van der Waals surface area contributed by atoms with E-state index < -0.39 is 0 Å². The van der Waals surface area contributed by atoms with Crippen molar-refractivity contribution < 1.29 is 4.74 Å². The molecule has 2 aromatic rings. The summed E-state index contributed by atoms with van der Waals surface area (Å²) in [5.41, 5.74) is 3.59. The van der Waals surface area contributed by atoms with Crippen LogP contribution in [-0.2, 0) is 11.8 Å². The number of benzene rings is 1. The van der Waals surface area contributed by atoms with Gasteiger partial charge in [-0.15, -0.1) is 0 Å². The summed E-state index contributed by atoms with van der Waals surface area (Å²) in [5, 5.41) is 3.38. The molecule has 0 amide bonds. The predicted octanol–water partition coefficient (Wildman–Crippen LogP) is 2.11. The average Bonchev–Trinajstić information content (AvgIpc) is 3.25. The molecular weight excluding hydrogens is 238 g/mol. The van der Waals surface area contributed by atoms with E-state index in [-0.39, 0.29) is 6.10 Å². The van der Waals surface area contributed by atoms with E-state index in [2.05, 4.69) is 35.1 Å². The average molecular weight is 257 g/mol. The molecule has 0 bridgehead atoms. The SMILES string of the molecule is Cn1c(C2CC2)nc2ccc(C3CNCCO3)cc21. The molecule has 2 heterocycles. The number of rotatable bonds is 2. The number of imidazole rings is 1. The molecule has 1 aromatic carbocycles. The molecular formula is C15H19N3O. The van der Waals surface area contributed by atoms with Crippen molar-refractivity contribution in [3.63, 3.8) is 0 Å². The molecule has 1 atom stereocenters. The number of nitrogens with one attached hydrogen (secondary N) is 1. The molecule has 1 aromatic heterocycles. The van der Waals surface area contributed by atoms with Gasteiger partial charge in [-0.25, -0.2) is 4.98 Å². The molecule has 1 saturated heterocycles. The van der Waals surface area contributed by atoms with E-state index in [0.29, 0.717) is 5.92 Å². The van der Waals surface area contributed by atoms with Crippen LogP contribution in [0.5, 0.6) is 0 Å². The molecule has 4 rings (SSSR count). The predicted molar refractivity (Wildman–Crippen MR) is 74.3 cm³/mol. The Balaban J connectivity index is 1.75. The number of hydrogen-bond acceptors (Lipinski definition) is 3. The monoisotopic (exact) mass is 257 g/mol. The van der Waals surface area contributed by atoms with Gasteiger partial charge in [-0.1, -0.05) is 6.07 Å². The van der Waals surface area contributed by atoms with E-state index in [1.165, 1.54) is 29.7 Å². The van der Waals surface area contributed by atoms with Crippen LogP contribution in [0.4, 0.5) is 0 Å². The van der Waals surface area contributed by atoms with Crippen LogP contribution in [0.25, 0.3) is 11.0 Å². The van der Waals surface area contributed by atoms with Crippen molar-refractivity contribution in [2.45, 2.75) is 24.9 Å². The van der Waals surface area contributed by atoms with Crippen molar-refractivity contribution >= 4 is 11.0 Å². The van der Waals surface area contributed by atoms with Crippen LogP contribution in [-0.4, -0.2) is 29.2 Å². The number of fused-ring (bicyclic) bond motifs is 1. The second-order valence-corrected chi connectivity index (χ2v) is 5.62. The zero-order chi connectivity index (χ0) is 12.8. The molecule has 1 N–H and O–H groups in total. The van der Waals surface area contributed by atoms with E-state index in [9.17, 15) is 0 Å². The fourth-order valence-electron chi connectivity index (χ4n) is 2.91. The zero-order valence-electron chi connectivity index (χ0n) is 11.2. The Hall–Kier alpha value is -1.39. The fraction of sp³-hybridized carbons (Fsp3) is 0.533. The van der Waals surface area contributed by atoms with Crippen molar-refractivity contribution in [3.05, 3.63) is 29.6 Å². The van der Waals surface area contributed by atoms with Crippen LogP contribution in [0, 0.1) is 0 Å². The Morgan fingerprint density at radius 1 is 1.37 bits per heavy atom. The lowest BCUT2D eigenvalue weighted by molar-refractivity contribution is 0.0278. The third kappa shape index (κ3) is 1.95. The third-order valence-electron chi connectivity index (χ3n) is 4.18. The van der Waals surface area contributed by atoms with E-state index in [1.54, 1.807) is 0 Å². The maximum atomic E-state index is 5.83. The van der Waals surface area contributed by atoms with Crippen molar-refractivity contribution in [1.82, 2.24) is 14.9 Å². The lowest BCUT2D eigenvalue weighted by Gasteiger charge is -2.24. The van der Waals surface area contributed by atoms with Crippen LogP contribution < -0.4 is 5.32 Å². The van der Waals surface area contributed by atoms with Gasteiger partial charge in [0.2, 0.25) is 0 Å². The number of ether oxygens (including phenoxy) is 1. The highest BCUT2D eigenvalue weighted by atomic mass is 16.5. The highest BCUT2D eigenvalue weighted by Crippen LogP contribution is 2.40. The summed E-state index contributed by atoms with van der Waals surface area (Å²) in [6, 6.07) is 6.53. The summed E-state index contributed by atoms with van der Waals surface area (Å²) in [7, 11) is 2.13. The summed E-state index contributed by atoms with van der Waals surface area (Å²) in [5.74, 6) is 1.93. The first-order chi connectivity index (χ1) is 9.33. The molecule has 4 nitrogen and oxygen atoms in total. The summed E-state index contributed by atoms with van der Waals surface area (Å²) < 4.78 is 8.08. The minimum atomic E-state index is 0.178. The summed E-state index contributed by atoms with van der Waals surface area (Å²) in [4.78, 5) is 4.77. The number of aryl methyl sites for hydroxylation is 1. The van der Waals surface area contributed by atoms with Gasteiger partial charge in [0, 0.05) is 26.1 Å². The highest BCUT2D eigenvalue weighted by Gasteiger charge is 2.28. The summed E-state index contributed by atoms with van der Waals surface area (Å²) in [6.45, 7) is 2.65. The maximum absolute atomic E-state index is 5.83. The Bertz CT molecular complexity index is 609. The van der Waals surface area contributed by atoms with Gasteiger partial charge >= 0.3 is 0 Å². The molecule has 0 radical (unpaired) electrons. The van der Waals surface area contributed by atoms with Gasteiger partial charge in [0.25, 0.3) is 0 Å². The molecule has 100 valence electrons. The first-order valence-corrected chi connectivity index (χ1v) is 7.11. The maximum Gasteiger partial charge on any atom is 0.112 e. The van der Waals surface area contributed by atoms with Gasteiger partial charge in [-0.3, -0.25) is 0 Å². The third-order valence-corrected chi connectivity index (χ3v) is 4.18. The zero-order valence-corrected chi connectivity index (χ0v) is 11.2. The normalized spacial score (nSPS) is 23.9. The standard InChI is InChI=1S/C15H19N3O/c1-18-13-8-11(14-9-16-6-7-19-14)4-5-12(13)17-15(18)10-2-3-10/h4-5,8,10,14,16H,2-3,6-7,9H2,1H3. The van der Waals surface area contributed by atoms with Crippen LogP contribution >= 0.6 is 0 Å². The van der Waals surface area contributed by atoms with Crippen LogP contribution in [0.15, 0.2) is 18.2 Å². The number of morpholine rings is 1. The fourth-order valence-corrected chi connectivity index (χ4v) is 2.91. The van der Waals surface area contributed by atoms with E-state index in [1.807, 2.05) is 0 Å². The van der Waals surface area contributed by atoms with Gasteiger partial charge < -0.3 is 14.6 Å².